The van der Waals surface area contributed by atoms with Crippen molar-refractivity contribution in [1.29, 1.82) is 0 Å². The lowest BCUT2D eigenvalue weighted by Crippen LogP contribution is -2.27. The molecule has 1 unspecified atom stereocenters. The minimum Gasteiger partial charge on any atom is -0.380 e. The normalized spacial score (nSPS) is 20.0. The summed E-state index contributed by atoms with van der Waals surface area (Å²) in [5, 5.41) is 4.09. The minimum atomic E-state index is -0.384. The molecule has 1 aromatic carbocycles. The summed E-state index contributed by atoms with van der Waals surface area (Å²) in [5.41, 5.74) is 4.81. The summed E-state index contributed by atoms with van der Waals surface area (Å²) in [6.45, 7) is 5.80. The number of fused-ring (bicyclic) bond motifs is 1. The highest BCUT2D eigenvalue weighted by molar-refractivity contribution is 6.31. The molecule has 0 aliphatic heterocycles. The predicted octanol–water partition coefficient (Wildman–Crippen LogP) is 5.38. The molecule has 0 bridgehead atoms. The number of hydrogen-bond acceptors (Lipinski definition) is 4. The van der Waals surface area contributed by atoms with Gasteiger partial charge >= 0.3 is 0 Å². The Morgan fingerprint density at radius 3 is 2.76 bits per heavy atom. The Bertz CT molecular complexity index is 1080. The summed E-state index contributed by atoms with van der Waals surface area (Å²) in [6.07, 6.45) is 8.81. The fraction of sp³-hybridized carbons (Fsp3) is 0.292. The van der Waals surface area contributed by atoms with Gasteiger partial charge in [0.05, 0.1) is 5.69 Å². The molecular weight excluding hydrogens is 384 g/mol. The van der Waals surface area contributed by atoms with Gasteiger partial charge < -0.3 is 5.32 Å². The Hall–Kier alpha value is -2.72. The fourth-order valence-electron chi connectivity index (χ4n) is 4.24. The first-order valence-electron chi connectivity index (χ1n) is 9.74. The van der Waals surface area contributed by atoms with Crippen molar-refractivity contribution in [3.05, 3.63) is 76.1 Å². The Balaban J connectivity index is 1.63. The summed E-state index contributed by atoms with van der Waals surface area (Å²) in [6, 6.07) is 7.63. The van der Waals surface area contributed by atoms with Gasteiger partial charge in [0.25, 0.3) is 0 Å². The average molecular weight is 407 g/mol. The fourth-order valence-corrected chi connectivity index (χ4v) is 4.41. The van der Waals surface area contributed by atoms with Gasteiger partial charge in [0.2, 0.25) is 0 Å². The van der Waals surface area contributed by atoms with Crippen LogP contribution in [0.1, 0.15) is 55.1 Å². The Morgan fingerprint density at radius 2 is 2.03 bits per heavy atom. The third-order valence-electron chi connectivity index (χ3n) is 5.86. The number of carbonyl (C=O) groups is 2. The predicted molar refractivity (Wildman–Crippen MR) is 116 cm³/mol. The molecule has 0 radical (unpaired) electrons. The van der Waals surface area contributed by atoms with Crippen molar-refractivity contribution in [2.45, 2.75) is 45.1 Å². The van der Waals surface area contributed by atoms with Crippen LogP contribution in [0.5, 0.6) is 0 Å². The molecule has 2 aliphatic rings. The number of allylic oxidation sites excluding steroid dienone is 2. The number of ketones is 2. The van der Waals surface area contributed by atoms with Gasteiger partial charge in [-0.05, 0) is 72.4 Å². The number of carbonyl (C=O) groups excluding carboxylic acids is 2. The molecule has 2 aromatic rings. The smallest absolute Gasteiger partial charge is 0.186 e. The van der Waals surface area contributed by atoms with Crippen molar-refractivity contribution in [2.24, 2.45) is 0 Å². The van der Waals surface area contributed by atoms with Gasteiger partial charge in [-0.15, -0.1) is 0 Å². The van der Waals surface area contributed by atoms with E-state index in [9.17, 15) is 9.59 Å². The number of rotatable bonds is 4. The van der Waals surface area contributed by atoms with Crippen LogP contribution >= 0.6 is 11.6 Å². The molecule has 0 spiro atoms. The van der Waals surface area contributed by atoms with Crippen molar-refractivity contribution >= 4 is 34.4 Å². The maximum atomic E-state index is 12.7. The van der Waals surface area contributed by atoms with E-state index in [-0.39, 0.29) is 23.0 Å². The molecule has 1 N–H and O–H groups in total. The third-order valence-corrected chi connectivity index (χ3v) is 6.09. The molecule has 4 rings (SSSR count). The molecule has 4 nitrogen and oxygen atoms in total. The van der Waals surface area contributed by atoms with Gasteiger partial charge in [-0.25, -0.2) is 0 Å². The molecule has 148 valence electrons. The second-order valence-electron chi connectivity index (χ2n) is 8.27. The number of nitrogens with one attached hydrogen (secondary N) is 1. The third kappa shape index (κ3) is 3.65. The summed E-state index contributed by atoms with van der Waals surface area (Å²) in [4.78, 5) is 28.7. The van der Waals surface area contributed by atoms with Crippen molar-refractivity contribution < 1.29 is 9.59 Å². The highest BCUT2D eigenvalue weighted by Gasteiger charge is 2.35. The van der Waals surface area contributed by atoms with Gasteiger partial charge in [0, 0.05) is 34.4 Å². The molecule has 0 fully saturated rings. The molecule has 0 amide bonds. The second kappa shape index (κ2) is 7.27. The van der Waals surface area contributed by atoms with E-state index in [1.165, 1.54) is 0 Å². The highest BCUT2D eigenvalue weighted by atomic mass is 35.5. The monoisotopic (exact) mass is 406 g/mol. The van der Waals surface area contributed by atoms with Crippen LogP contribution in [0.15, 0.2) is 54.4 Å². The largest absolute Gasteiger partial charge is 0.380 e. The van der Waals surface area contributed by atoms with E-state index >= 15 is 0 Å². The molecule has 1 heterocycles. The molecule has 1 aromatic heterocycles. The number of anilines is 1. The molecule has 5 heteroatoms. The lowest BCUT2D eigenvalue weighted by Gasteiger charge is -2.34. The van der Waals surface area contributed by atoms with Gasteiger partial charge in [0.15, 0.2) is 11.6 Å². The van der Waals surface area contributed by atoms with Crippen molar-refractivity contribution in [3.63, 3.8) is 0 Å². The van der Waals surface area contributed by atoms with Crippen LogP contribution in [-0.2, 0) is 10.2 Å². The van der Waals surface area contributed by atoms with Crippen LogP contribution in [0.4, 0.5) is 5.69 Å². The van der Waals surface area contributed by atoms with Crippen molar-refractivity contribution in [3.8, 4) is 0 Å². The van der Waals surface area contributed by atoms with Crippen LogP contribution in [0.2, 0.25) is 5.02 Å². The molecule has 1 atom stereocenters. The van der Waals surface area contributed by atoms with Crippen molar-refractivity contribution in [1.82, 2.24) is 4.98 Å². The SMILES string of the molecule is CC(=O)C1=CCC(Nc2cncc(C3=CC(=O)c4ccc(Cl)cc4C3(C)C)c2)C1. The second-order valence-corrected chi connectivity index (χ2v) is 8.70. The first-order valence-corrected chi connectivity index (χ1v) is 10.1. The first kappa shape index (κ1) is 19.6. The zero-order valence-corrected chi connectivity index (χ0v) is 17.5. The average Bonchev–Trinajstić information content (AvgIpc) is 3.14. The van der Waals surface area contributed by atoms with Crippen LogP contribution < -0.4 is 5.32 Å². The van der Waals surface area contributed by atoms with Crippen LogP contribution in [0.3, 0.4) is 0 Å². The topological polar surface area (TPSA) is 59.1 Å². The van der Waals surface area contributed by atoms with E-state index in [1.807, 2.05) is 18.2 Å². The summed E-state index contributed by atoms with van der Waals surface area (Å²) in [7, 11) is 0. The number of nitrogens with zero attached hydrogens (tertiary/aromatic N) is 1. The molecule has 29 heavy (non-hydrogen) atoms. The van der Waals surface area contributed by atoms with Gasteiger partial charge in [-0.3, -0.25) is 14.6 Å². The summed E-state index contributed by atoms with van der Waals surface area (Å²) >= 11 is 6.22. The lowest BCUT2D eigenvalue weighted by molar-refractivity contribution is -0.113. The molecule has 0 saturated carbocycles. The number of aromatic nitrogens is 1. The van der Waals surface area contributed by atoms with E-state index in [2.05, 4.69) is 24.1 Å². The number of halogens is 1. The van der Waals surface area contributed by atoms with E-state index in [1.54, 1.807) is 37.5 Å². The van der Waals surface area contributed by atoms with Crippen LogP contribution in [0.25, 0.3) is 5.57 Å². The summed E-state index contributed by atoms with van der Waals surface area (Å²) in [5.74, 6) is 0.113. The first-order chi connectivity index (χ1) is 13.8. The van der Waals surface area contributed by atoms with Gasteiger partial charge in [0.1, 0.15) is 0 Å². The minimum absolute atomic E-state index is 0.0181. The number of pyridine rings is 1. The number of hydrogen-bond donors (Lipinski definition) is 1. The number of Topliss-reactive ketones (excluding diaryl/α,β-unsaturated/α-hetero) is 1. The van der Waals surface area contributed by atoms with Crippen LogP contribution in [-0.4, -0.2) is 22.6 Å². The van der Waals surface area contributed by atoms with Gasteiger partial charge in [-0.1, -0.05) is 31.5 Å². The quantitative estimate of drug-likeness (QED) is 0.740. The molecule has 2 aliphatic carbocycles. The van der Waals surface area contributed by atoms with E-state index in [0.717, 1.165) is 40.8 Å². The van der Waals surface area contributed by atoms with E-state index < -0.39 is 0 Å². The maximum Gasteiger partial charge on any atom is 0.186 e. The van der Waals surface area contributed by atoms with Crippen molar-refractivity contribution in [2.75, 3.05) is 5.32 Å². The standard InChI is InChI=1S/C24H23ClN2O2/c1-14(28)15-4-6-18(8-15)27-19-9-16(12-26-13-19)21-11-23(29)20-7-5-17(25)10-22(20)24(21,2)3/h4-5,7,9-13,18,27H,6,8H2,1-3H3. The number of benzene rings is 1. The molecule has 0 saturated heterocycles. The summed E-state index contributed by atoms with van der Waals surface area (Å²) < 4.78 is 0. The van der Waals surface area contributed by atoms with E-state index in [0.29, 0.717) is 10.6 Å². The maximum absolute atomic E-state index is 12.7. The zero-order valence-electron chi connectivity index (χ0n) is 16.8. The van der Waals surface area contributed by atoms with Crippen LogP contribution in [0, 0.1) is 0 Å². The lowest BCUT2D eigenvalue weighted by atomic mass is 9.69. The van der Waals surface area contributed by atoms with E-state index in [4.69, 9.17) is 11.6 Å². The van der Waals surface area contributed by atoms with Gasteiger partial charge in [-0.2, -0.15) is 0 Å². The Labute approximate surface area is 175 Å². The zero-order chi connectivity index (χ0) is 20.8. The molecular formula is C24H23ClN2O2. The Morgan fingerprint density at radius 1 is 1.24 bits per heavy atom. The highest BCUT2D eigenvalue weighted by Crippen LogP contribution is 2.44. The Kier molecular flexibility index (Phi) is 4.91.